The molecule has 2 aromatic rings. The van der Waals surface area contributed by atoms with Crippen molar-refractivity contribution in [2.45, 2.75) is 31.9 Å². The van der Waals surface area contributed by atoms with Crippen molar-refractivity contribution in [3.05, 3.63) is 58.3 Å². The van der Waals surface area contributed by atoms with Crippen LogP contribution in [0.2, 0.25) is 0 Å². The highest BCUT2D eigenvalue weighted by atomic mass is 35.5. The molecule has 1 aromatic heterocycles. The fraction of sp³-hybridized carbons (Fsp3) is 0.450. The normalized spacial score (nSPS) is 17.5. The van der Waals surface area contributed by atoms with Crippen LogP contribution < -0.4 is 5.32 Å². The van der Waals surface area contributed by atoms with Crippen LogP contribution in [0.3, 0.4) is 0 Å². The number of aliphatic hydroxyl groups excluding tert-OH is 1. The molecule has 1 aliphatic rings. The molecule has 1 fully saturated rings. The minimum absolute atomic E-state index is 0. The van der Waals surface area contributed by atoms with Crippen molar-refractivity contribution < 1.29 is 9.90 Å². The van der Waals surface area contributed by atoms with Gasteiger partial charge in [-0.05, 0) is 48.9 Å². The highest BCUT2D eigenvalue weighted by Crippen LogP contribution is 2.22. The second-order valence-electron chi connectivity index (χ2n) is 6.69. The van der Waals surface area contributed by atoms with E-state index in [0.717, 1.165) is 36.4 Å². The fourth-order valence-electron chi connectivity index (χ4n) is 3.28. The van der Waals surface area contributed by atoms with E-state index in [9.17, 15) is 9.90 Å². The minimum atomic E-state index is -0.624. The van der Waals surface area contributed by atoms with Crippen LogP contribution in [0.5, 0.6) is 0 Å². The Hall–Kier alpha value is -1.40. The first-order valence-electron chi connectivity index (χ1n) is 8.96. The third-order valence-electron chi connectivity index (χ3n) is 4.76. The van der Waals surface area contributed by atoms with Gasteiger partial charge in [0.2, 0.25) is 5.91 Å². The number of nitrogens with zero attached hydrogens (tertiary/aromatic N) is 1. The molecule has 2 N–H and O–H groups in total. The summed E-state index contributed by atoms with van der Waals surface area (Å²) >= 11 is 1.53. The molecule has 1 aliphatic heterocycles. The molecule has 2 unspecified atom stereocenters. The van der Waals surface area contributed by atoms with Gasteiger partial charge in [-0.15, -0.1) is 23.7 Å². The molecule has 0 saturated carbocycles. The SMILES string of the molecule is Cl.O=C(CCC1CCNC1)N(Cc1ccccc1)CC(O)c1cccs1. The van der Waals surface area contributed by atoms with Crippen molar-refractivity contribution >= 4 is 29.7 Å². The smallest absolute Gasteiger partial charge is 0.222 e. The Morgan fingerprint density at radius 3 is 2.73 bits per heavy atom. The molecule has 1 saturated heterocycles. The molecule has 1 aromatic carbocycles. The molecule has 0 aliphatic carbocycles. The molecular formula is C20H27ClN2O2S. The molecule has 142 valence electrons. The lowest BCUT2D eigenvalue weighted by Crippen LogP contribution is -2.34. The van der Waals surface area contributed by atoms with Crippen molar-refractivity contribution in [2.24, 2.45) is 5.92 Å². The van der Waals surface area contributed by atoms with E-state index in [1.807, 2.05) is 52.7 Å². The Balaban J connectivity index is 0.00000243. The van der Waals surface area contributed by atoms with Crippen molar-refractivity contribution in [3.63, 3.8) is 0 Å². The zero-order valence-electron chi connectivity index (χ0n) is 14.8. The van der Waals surface area contributed by atoms with E-state index in [1.54, 1.807) is 0 Å². The molecule has 26 heavy (non-hydrogen) atoms. The number of thiophene rings is 1. The summed E-state index contributed by atoms with van der Waals surface area (Å²) in [5.41, 5.74) is 1.09. The van der Waals surface area contributed by atoms with Gasteiger partial charge in [-0.3, -0.25) is 4.79 Å². The number of halogens is 1. The number of rotatable bonds is 8. The fourth-order valence-corrected chi connectivity index (χ4v) is 3.99. The summed E-state index contributed by atoms with van der Waals surface area (Å²) in [6.07, 6.45) is 2.01. The minimum Gasteiger partial charge on any atom is -0.386 e. The number of carbonyl (C=O) groups is 1. The van der Waals surface area contributed by atoms with Gasteiger partial charge in [0.1, 0.15) is 6.10 Å². The lowest BCUT2D eigenvalue weighted by atomic mass is 10.0. The van der Waals surface area contributed by atoms with Gasteiger partial charge in [0.25, 0.3) is 0 Å². The van der Waals surface area contributed by atoms with Crippen LogP contribution in [0, 0.1) is 5.92 Å². The van der Waals surface area contributed by atoms with Crippen LogP contribution >= 0.6 is 23.7 Å². The van der Waals surface area contributed by atoms with Gasteiger partial charge in [-0.25, -0.2) is 0 Å². The maximum Gasteiger partial charge on any atom is 0.222 e. The van der Waals surface area contributed by atoms with Gasteiger partial charge < -0.3 is 15.3 Å². The van der Waals surface area contributed by atoms with Crippen LogP contribution in [0.4, 0.5) is 0 Å². The molecule has 4 nitrogen and oxygen atoms in total. The Bertz CT molecular complexity index is 645. The third-order valence-corrected chi connectivity index (χ3v) is 5.74. The van der Waals surface area contributed by atoms with E-state index >= 15 is 0 Å². The highest BCUT2D eigenvalue weighted by Gasteiger charge is 2.22. The summed E-state index contributed by atoms with van der Waals surface area (Å²) in [5.74, 6) is 0.733. The number of nitrogens with one attached hydrogen (secondary N) is 1. The maximum atomic E-state index is 12.8. The van der Waals surface area contributed by atoms with Gasteiger partial charge in [0, 0.05) is 17.8 Å². The first kappa shape index (κ1) is 20.9. The lowest BCUT2D eigenvalue weighted by molar-refractivity contribution is -0.133. The zero-order valence-corrected chi connectivity index (χ0v) is 16.5. The van der Waals surface area contributed by atoms with Crippen LogP contribution in [0.25, 0.3) is 0 Å². The summed E-state index contributed by atoms with van der Waals surface area (Å²) in [5, 5.41) is 15.8. The highest BCUT2D eigenvalue weighted by molar-refractivity contribution is 7.10. The molecule has 6 heteroatoms. The molecule has 0 spiro atoms. The molecular weight excluding hydrogens is 368 g/mol. The van der Waals surface area contributed by atoms with Crippen molar-refractivity contribution in [1.29, 1.82) is 0 Å². The second kappa shape index (κ2) is 10.7. The van der Waals surface area contributed by atoms with Crippen molar-refractivity contribution in [3.8, 4) is 0 Å². The third kappa shape index (κ3) is 6.09. The average molecular weight is 395 g/mol. The van der Waals surface area contributed by atoms with Gasteiger partial charge in [-0.1, -0.05) is 36.4 Å². The number of aliphatic hydroxyl groups is 1. The Kier molecular flexibility index (Phi) is 8.59. The summed E-state index contributed by atoms with van der Waals surface area (Å²) in [7, 11) is 0. The largest absolute Gasteiger partial charge is 0.386 e. The second-order valence-corrected chi connectivity index (χ2v) is 7.67. The number of amides is 1. The number of hydrogen-bond donors (Lipinski definition) is 2. The van der Waals surface area contributed by atoms with E-state index < -0.39 is 6.10 Å². The van der Waals surface area contributed by atoms with E-state index in [0.29, 0.717) is 25.4 Å². The van der Waals surface area contributed by atoms with E-state index in [2.05, 4.69) is 5.32 Å². The van der Waals surface area contributed by atoms with E-state index in [1.165, 1.54) is 11.3 Å². The van der Waals surface area contributed by atoms with Crippen molar-refractivity contribution in [2.75, 3.05) is 19.6 Å². The van der Waals surface area contributed by atoms with Gasteiger partial charge in [0.15, 0.2) is 0 Å². The molecule has 2 atom stereocenters. The van der Waals surface area contributed by atoms with Crippen LogP contribution in [0.1, 0.15) is 35.8 Å². The summed E-state index contributed by atoms with van der Waals surface area (Å²) in [6, 6.07) is 13.8. The molecule has 2 heterocycles. The van der Waals surface area contributed by atoms with Gasteiger partial charge in [0.05, 0.1) is 6.54 Å². The Morgan fingerprint density at radius 2 is 2.08 bits per heavy atom. The standard InChI is InChI=1S/C20H26N2O2S.ClH/c23-18(19-7-4-12-25-19)15-22(14-17-5-2-1-3-6-17)20(24)9-8-16-10-11-21-13-16;/h1-7,12,16,18,21,23H,8-11,13-15H2;1H. The number of carbonyl (C=O) groups excluding carboxylic acids is 1. The summed E-state index contributed by atoms with van der Waals surface area (Å²) in [6.45, 7) is 2.97. The summed E-state index contributed by atoms with van der Waals surface area (Å²) in [4.78, 5) is 15.5. The first-order valence-corrected chi connectivity index (χ1v) is 9.84. The number of hydrogen-bond acceptors (Lipinski definition) is 4. The Morgan fingerprint density at radius 1 is 1.27 bits per heavy atom. The predicted octanol–water partition coefficient (Wildman–Crippen LogP) is 3.62. The lowest BCUT2D eigenvalue weighted by Gasteiger charge is -2.26. The predicted molar refractivity (Wildman–Crippen MR) is 109 cm³/mol. The quantitative estimate of drug-likeness (QED) is 0.718. The topological polar surface area (TPSA) is 52.6 Å². The molecule has 1 amide bonds. The maximum absolute atomic E-state index is 12.8. The van der Waals surface area contributed by atoms with Crippen LogP contribution in [0.15, 0.2) is 47.8 Å². The van der Waals surface area contributed by atoms with Crippen LogP contribution in [-0.2, 0) is 11.3 Å². The summed E-state index contributed by atoms with van der Waals surface area (Å²) < 4.78 is 0. The molecule has 3 rings (SSSR count). The van der Waals surface area contributed by atoms with E-state index in [4.69, 9.17) is 0 Å². The Labute approximate surface area is 165 Å². The van der Waals surface area contributed by atoms with Crippen LogP contribution in [-0.4, -0.2) is 35.5 Å². The van der Waals surface area contributed by atoms with Crippen molar-refractivity contribution in [1.82, 2.24) is 10.2 Å². The number of benzene rings is 1. The van der Waals surface area contributed by atoms with Gasteiger partial charge >= 0.3 is 0 Å². The average Bonchev–Trinajstić information content (AvgIpc) is 3.33. The first-order chi connectivity index (χ1) is 12.2. The monoisotopic (exact) mass is 394 g/mol. The molecule has 0 bridgehead atoms. The van der Waals surface area contributed by atoms with E-state index in [-0.39, 0.29) is 18.3 Å². The molecule has 0 radical (unpaired) electrons. The zero-order chi connectivity index (χ0) is 17.5. The van der Waals surface area contributed by atoms with Gasteiger partial charge in [-0.2, -0.15) is 0 Å².